The van der Waals surface area contributed by atoms with Gasteiger partial charge in [0.1, 0.15) is 0 Å². The summed E-state index contributed by atoms with van der Waals surface area (Å²) < 4.78 is 27.6. The largest absolute Gasteiger partial charge is 0.483 e. The third kappa shape index (κ3) is 5.64. The van der Waals surface area contributed by atoms with Crippen molar-refractivity contribution in [3.8, 4) is 0 Å². The van der Waals surface area contributed by atoms with Crippen LogP contribution in [0.2, 0.25) is 0 Å². The van der Waals surface area contributed by atoms with Crippen molar-refractivity contribution in [3.05, 3.63) is 40.9 Å². The van der Waals surface area contributed by atoms with Gasteiger partial charge in [0.15, 0.2) is 0 Å². The zero-order valence-corrected chi connectivity index (χ0v) is 21.6. The maximum Gasteiger partial charge on any atom is 0.290 e. The number of likely N-dealkylation sites (tertiary alicyclic amines) is 1. The fourth-order valence-electron chi connectivity index (χ4n) is 6.26. The standard InChI is InChI=1S/C25H30BrF2N3O2.CH2O2/c26-16-3-5-17(6-4-16)30-23(33)21-19-8-7-18(24(19)9-10-24)20(21)22(32)29-12-1-2-13-31-14-11-25(27,28)15-31;2-1-3/h3-8,18-21H,1-2,9-15H2,(H,29,32)(H,30,33);1H,(H,2,3)/t18-,19+,20-,21-;/m1./s1. The quantitative estimate of drug-likeness (QED) is 0.249. The molecule has 5 rings (SSSR count). The zero-order chi connectivity index (χ0) is 25.9. The van der Waals surface area contributed by atoms with Crippen molar-refractivity contribution in [1.82, 2.24) is 10.2 Å². The molecular weight excluding hydrogens is 536 g/mol. The number of alkyl halides is 2. The second-order valence-corrected chi connectivity index (χ2v) is 11.1. The molecule has 1 saturated heterocycles. The van der Waals surface area contributed by atoms with Gasteiger partial charge in [-0.15, -0.1) is 0 Å². The minimum absolute atomic E-state index is 0.0539. The van der Waals surface area contributed by atoms with Gasteiger partial charge in [-0.3, -0.25) is 19.3 Å². The highest BCUT2D eigenvalue weighted by Crippen LogP contribution is 2.72. The minimum Gasteiger partial charge on any atom is -0.483 e. The van der Waals surface area contributed by atoms with Crippen LogP contribution in [-0.2, 0) is 14.4 Å². The molecule has 1 spiro atoms. The van der Waals surface area contributed by atoms with Crippen LogP contribution < -0.4 is 10.6 Å². The van der Waals surface area contributed by atoms with Crippen molar-refractivity contribution in [2.75, 3.05) is 31.5 Å². The van der Waals surface area contributed by atoms with Crippen LogP contribution in [0.4, 0.5) is 14.5 Å². The molecule has 36 heavy (non-hydrogen) atoms. The Morgan fingerprint density at radius 1 is 1.06 bits per heavy atom. The van der Waals surface area contributed by atoms with Crippen LogP contribution in [-0.4, -0.2) is 60.4 Å². The van der Waals surface area contributed by atoms with Crippen molar-refractivity contribution >= 4 is 39.9 Å². The van der Waals surface area contributed by atoms with E-state index in [0.29, 0.717) is 19.6 Å². The monoisotopic (exact) mass is 567 g/mol. The van der Waals surface area contributed by atoms with E-state index in [9.17, 15) is 18.4 Å². The number of carboxylic acid groups (broad SMARTS) is 1. The molecule has 2 bridgehead atoms. The lowest BCUT2D eigenvalue weighted by atomic mass is 9.81. The maximum atomic E-state index is 13.3. The number of nitrogens with zero attached hydrogens (tertiary/aromatic N) is 1. The lowest BCUT2D eigenvalue weighted by Crippen LogP contribution is -2.42. The molecule has 3 aliphatic carbocycles. The molecule has 0 radical (unpaired) electrons. The first-order valence-corrected chi connectivity index (χ1v) is 13.2. The molecule has 3 N–H and O–H groups in total. The van der Waals surface area contributed by atoms with E-state index in [4.69, 9.17) is 9.90 Å². The van der Waals surface area contributed by atoms with E-state index in [1.165, 1.54) is 0 Å². The molecule has 7 nitrogen and oxygen atoms in total. The Morgan fingerprint density at radius 2 is 1.67 bits per heavy atom. The molecule has 1 heterocycles. The first-order chi connectivity index (χ1) is 17.2. The van der Waals surface area contributed by atoms with Gasteiger partial charge in [-0.1, -0.05) is 28.1 Å². The predicted molar refractivity (Wildman–Crippen MR) is 134 cm³/mol. The van der Waals surface area contributed by atoms with Crippen LogP contribution in [0.25, 0.3) is 0 Å². The molecule has 196 valence electrons. The Balaban J connectivity index is 0.000000967. The summed E-state index contributed by atoms with van der Waals surface area (Å²) in [6, 6.07) is 7.46. The van der Waals surface area contributed by atoms with Gasteiger partial charge in [0.2, 0.25) is 11.8 Å². The summed E-state index contributed by atoms with van der Waals surface area (Å²) in [4.78, 5) is 36.7. The van der Waals surface area contributed by atoms with Gasteiger partial charge in [-0.05, 0) is 73.7 Å². The summed E-state index contributed by atoms with van der Waals surface area (Å²) in [6.07, 6.45) is 7.89. The van der Waals surface area contributed by atoms with Crippen molar-refractivity contribution in [1.29, 1.82) is 0 Å². The van der Waals surface area contributed by atoms with Crippen molar-refractivity contribution in [2.45, 2.75) is 38.0 Å². The van der Waals surface area contributed by atoms with E-state index in [-0.39, 0.29) is 60.3 Å². The fourth-order valence-corrected chi connectivity index (χ4v) is 6.52. The van der Waals surface area contributed by atoms with E-state index in [1.54, 1.807) is 4.90 Å². The minimum atomic E-state index is -2.56. The summed E-state index contributed by atoms with van der Waals surface area (Å²) >= 11 is 3.40. The van der Waals surface area contributed by atoms with E-state index in [2.05, 4.69) is 38.7 Å². The lowest BCUT2D eigenvalue weighted by molar-refractivity contribution is -0.132. The first kappa shape index (κ1) is 26.7. The second-order valence-electron chi connectivity index (χ2n) is 10.2. The van der Waals surface area contributed by atoms with Crippen molar-refractivity contribution in [2.24, 2.45) is 29.1 Å². The summed E-state index contributed by atoms with van der Waals surface area (Å²) in [5.41, 5.74) is 0.816. The number of nitrogens with one attached hydrogen (secondary N) is 2. The number of rotatable bonds is 8. The number of benzene rings is 1. The van der Waals surface area contributed by atoms with Crippen LogP contribution >= 0.6 is 15.9 Å². The SMILES string of the molecule is O=C(NCCCCN1CCC(F)(F)C1)[C@H]1[C@H](C(=O)Nc2ccc(Br)cc2)[C@@H]2C=C[C@H]1C21CC1.O=CO. The zero-order valence-electron chi connectivity index (χ0n) is 20.0. The Hall–Kier alpha value is -2.33. The summed E-state index contributed by atoms with van der Waals surface area (Å²) in [6.45, 7) is 1.17. The Labute approximate surface area is 217 Å². The van der Waals surface area contributed by atoms with Crippen molar-refractivity contribution < 1.29 is 28.3 Å². The molecule has 1 aliphatic heterocycles. The molecule has 0 unspecified atom stereocenters. The summed E-state index contributed by atoms with van der Waals surface area (Å²) in [7, 11) is 0. The second kappa shape index (κ2) is 11.0. The molecule has 0 aromatic heterocycles. The number of unbranched alkanes of at least 4 members (excludes halogenated alkanes) is 1. The number of hydrogen-bond donors (Lipinski definition) is 3. The molecule has 4 aliphatic rings. The number of carbonyl (C=O) groups excluding carboxylic acids is 2. The highest BCUT2D eigenvalue weighted by Gasteiger charge is 2.69. The van der Waals surface area contributed by atoms with E-state index >= 15 is 0 Å². The number of halogens is 3. The van der Waals surface area contributed by atoms with Gasteiger partial charge in [-0.2, -0.15) is 0 Å². The van der Waals surface area contributed by atoms with Gasteiger partial charge in [0.05, 0.1) is 18.4 Å². The van der Waals surface area contributed by atoms with Crippen LogP contribution in [0.1, 0.15) is 32.1 Å². The maximum absolute atomic E-state index is 13.3. The topological polar surface area (TPSA) is 98.7 Å². The summed E-state index contributed by atoms with van der Waals surface area (Å²) in [5, 5.41) is 13.0. The van der Waals surface area contributed by atoms with Gasteiger partial charge in [0.25, 0.3) is 12.4 Å². The third-order valence-electron chi connectivity index (χ3n) is 8.01. The van der Waals surface area contributed by atoms with E-state index in [1.807, 2.05) is 24.3 Å². The number of carbonyl (C=O) groups is 3. The lowest BCUT2D eigenvalue weighted by Gasteiger charge is -2.26. The third-order valence-corrected chi connectivity index (χ3v) is 8.54. The van der Waals surface area contributed by atoms with Gasteiger partial charge in [0, 0.05) is 29.7 Å². The highest BCUT2D eigenvalue weighted by molar-refractivity contribution is 9.10. The normalized spacial score (nSPS) is 28.4. The fraction of sp³-hybridized carbons (Fsp3) is 0.577. The van der Waals surface area contributed by atoms with Crippen LogP contribution in [0.5, 0.6) is 0 Å². The summed E-state index contributed by atoms with van der Waals surface area (Å²) in [5.74, 6) is -3.18. The molecule has 4 atom stereocenters. The number of allylic oxidation sites excluding steroid dienone is 2. The first-order valence-electron chi connectivity index (χ1n) is 12.4. The molecule has 3 fully saturated rings. The van der Waals surface area contributed by atoms with E-state index in [0.717, 1.165) is 35.8 Å². The molecule has 10 heteroatoms. The average molecular weight is 568 g/mol. The highest BCUT2D eigenvalue weighted by atomic mass is 79.9. The number of anilines is 1. The van der Waals surface area contributed by atoms with Crippen LogP contribution in [0.15, 0.2) is 40.9 Å². The molecule has 1 aromatic carbocycles. The van der Waals surface area contributed by atoms with E-state index < -0.39 is 5.92 Å². The number of hydrogen-bond acceptors (Lipinski definition) is 4. The Morgan fingerprint density at radius 3 is 2.22 bits per heavy atom. The average Bonchev–Trinajstić information content (AvgIpc) is 3.37. The molecule has 1 aromatic rings. The smallest absolute Gasteiger partial charge is 0.290 e. The van der Waals surface area contributed by atoms with Crippen LogP contribution in [0, 0.1) is 29.1 Å². The Kier molecular flexibility index (Phi) is 8.14. The predicted octanol–water partition coefficient (Wildman–Crippen LogP) is 4.15. The molecule has 2 amide bonds. The van der Waals surface area contributed by atoms with Gasteiger partial charge in [-0.25, -0.2) is 8.78 Å². The van der Waals surface area contributed by atoms with Crippen LogP contribution in [0.3, 0.4) is 0 Å². The van der Waals surface area contributed by atoms with Gasteiger partial charge < -0.3 is 15.7 Å². The molecule has 2 saturated carbocycles. The van der Waals surface area contributed by atoms with Crippen molar-refractivity contribution in [3.63, 3.8) is 0 Å². The Bertz CT molecular complexity index is 999. The van der Waals surface area contributed by atoms with Gasteiger partial charge >= 0.3 is 0 Å². The number of amides is 2. The molecular formula is C26H32BrF2N3O4.